The fourth-order valence-electron chi connectivity index (χ4n) is 2.88. The van der Waals surface area contributed by atoms with Gasteiger partial charge < -0.3 is 0 Å². The van der Waals surface area contributed by atoms with E-state index in [-0.39, 0.29) is 0 Å². The molecule has 1 aliphatic rings. The monoisotopic (exact) mass is 274 g/mol. The molecule has 1 fully saturated rings. The van der Waals surface area contributed by atoms with Crippen LogP contribution in [-0.2, 0) is 0 Å². The van der Waals surface area contributed by atoms with Gasteiger partial charge in [0.2, 0.25) is 0 Å². The summed E-state index contributed by atoms with van der Waals surface area (Å²) in [6.45, 7) is 7.08. The van der Waals surface area contributed by atoms with Gasteiger partial charge in [0.15, 0.2) is 0 Å². The standard InChI is InChI=1S/C18H23Cl/c1-18(2,3)16-10-7-15(13-16)6-4-5-14-8-11-17(19)12-9-14/h8-9,11-12,15-16H,6-7,10,13H2,1-3H3. The Kier molecular flexibility index (Phi) is 4.58. The minimum atomic E-state index is 0.457. The van der Waals surface area contributed by atoms with Crippen LogP contribution in [0.3, 0.4) is 0 Å². The Morgan fingerprint density at radius 2 is 1.84 bits per heavy atom. The van der Waals surface area contributed by atoms with E-state index in [1.54, 1.807) is 0 Å². The summed E-state index contributed by atoms with van der Waals surface area (Å²) in [6.07, 6.45) is 5.10. The van der Waals surface area contributed by atoms with Gasteiger partial charge in [0.05, 0.1) is 0 Å². The lowest BCUT2D eigenvalue weighted by molar-refractivity contribution is 0.239. The molecule has 0 heterocycles. The molecule has 2 unspecified atom stereocenters. The van der Waals surface area contributed by atoms with Crippen molar-refractivity contribution in [1.29, 1.82) is 0 Å². The zero-order valence-corrected chi connectivity index (χ0v) is 12.9. The van der Waals surface area contributed by atoms with Gasteiger partial charge in [-0.1, -0.05) is 44.2 Å². The third kappa shape index (κ3) is 4.29. The van der Waals surface area contributed by atoms with Gasteiger partial charge in [-0.05, 0) is 60.8 Å². The summed E-state index contributed by atoms with van der Waals surface area (Å²) < 4.78 is 0. The highest BCUT2D eigenvalue weighted by atomic mass is 35.5. The van der Waals surface area contributed by atoms with Crippen LogP contribution in [-0.4, -0.2) is 0 Å². The molecule has 0 nitrogen and oxygen atoms in total. The van der Waals surface area contributed by atoms with Crippen LogP contribution in [0.2, 0.25) is 5.02 Å². The molecule has 1 aromatic rings. The van der Waals surface area contributed by atoms with Crippen LogP contribution in [0, 0.1) is 29.1 Å². The summed E-state index contributed by atoms with van der Waals surface area (Å²) in [5, 5.41) is 0.773. The molecule has 0 spiro atoms. The number of rotatable bonds is 1. The van der Waals surface area contributed by atoms with Crippen molar-refractivity contribution in [1.82, 2.24) is 0 Å². The highest BCUT2D eigenvalue weighted by Crippen LogP contribution is 2.42. The lowest BCUT2D eigenvalue weighted by Crippen LogP contribution is -2.17. The topological polar surface area (TPSA) is 0 Å². The Labute approximate surface area is 122 Å². The summed E-state index contributed by atoms with van der Waals surface area (Å²) >= 11 is 5.86. The Hall–Kier alpha value is -0.930. The lowest BCUT2D eigenvalue weighted by Gasteiger charge is -2.26. The maximum Gasteiger partial charge on any atom is 0.0406 e. The molecule has 0 aliphatic heterocycles. The average Bonchev–Trinajstić information content (AvgIpc) is 2.80. The van der Waals surface area contributed by atoms with Crippen molar-refractivity contribution in [3.63, 3.8) is 0 Å². The van der Waals surface area contributed by atoms with Crippen LogP contribution in [0.5, 0.6) is 0 Å². The molecule has 0 aromatic heterocycles. The van der Waals surface area contributed by atoms with Gasteiger partial charge in [-0.3, -0.25) is 0 Å². The first-order valence-corrected chi connectivity index (χ1v) is 7.57. The normalized spacial score (nSPS) is 22.9. The van der Waals surface area contributed by atoms with Crippen molar-refractivity contribution in [3.8, 4) is 11.8 Å². The fourth-order valence-corrected chi connectivity index (χ4v) is 3.00. The maximum atomic E-state index is 5.86. The molecule has 2 rings (SSSR count). The molecule has 19 heavy (non-hydrogen) atoms. The number of hydrogen-bond donors (Lipinski definition) is 0. The van der Waals surface area contributed by atoms with Gasteiger partial charge in [0.1, 0.15) is 0 Å². The van der Waals surface area contributed by atoms with Crippen LogP contribution >= 0.6 is 11.6 Å². The van der Waals surface area contributed by atoms with E-state index in [4.69, 9.17) is 11.6 Å². The third-order valence-corrected chi connectivity index (χ3v) is 4.49. The average molecular weight is 275 g/mol. The predicted molar refractivity (Wildman–Crippen MR) is 83.2 cm³/mol. The molecule has 0 N–H and O–H groups in total. The quantitative estimate of drug-likeness (QED) is 0.590. The molecular weight excluding hydrogens is 252 g/mol. The van der Waals surface area contributed by atoms with Crippen LogP contribution in [0.1, 0.15) is 52.0 Å². The summed E-state index contributed by atoms with van der Waals surface area (Å²) in [6, 6.07) is 7.78. The van der Waals surface area contributed by atoms with Crippen molar-refractivity contribution in [2.45, 2.75) is 46.5 Å². The van der Waals surface area contributed by atoms with E-state index in [0.29, 0.717) is 5.41 Å². The number of hydrogen-bond acceptors (Lipinski definition) is 0. The minimum absolute atomic E-state index is 0.457. The fraction of sp³-hybridized carbons (Fsp3) is 0.556. The molecular formula is C18H23Cl. The zero-order valence-electron chi connectivity index (χ0n) is 12.2. The van der Waals surface area contributed by atoms with E-state index >= 15 is 0 Å². The summed E-state index contributed by atoms with van der Waals surface area (Å²) in [5.41, 5.74) is 1.52. The Balaban J connectivity index is 1.86. The highest BCUT2D eigenvalue weighted by Gasteiger charge is 2.32. The molecule has 2 atom stereocenters. The second-order valence-corrected chi connectivity index (χ2v) is 7.19. The molecule has 1 aliphatic carbocycles. The third-order valence-electron chi connectivity index (χ3n) is 4.23. The first-order chi connectivity index (χ1) is 8.95. The van der Waals surface area contributed by atoms with E-state index in [1.165, 1.54) is 19.3 Å². The van der Waals surface area contributed by atoms with Crippen molar-refractivity contribution < 1.29 is 0 Å². The van der Waals surface area contributed by atoms with Crippen LogP contribution in [0.25, 0.3) is 0 Å². The Morgan fingerprint density at radius 1 is 1.16 bits per heavy atom. The molecule has 1 heteroatoms. The maximum absolute atomic E-state index is 5.86. The first kappa shape index (κ1) is 14.5. The molecule has 0 radical (unpaired) electrons. The van der Waals surface area contributed by atoms with Crippen molar-refractivity contribution in [3.05, 3.63) is 34.9 Å². The summed E-state index contributed by atoms with van der Waals surface area (Å²) in [7, 11) is 0. The van der Waals surface area contributed by atoms with Gasteiger partial charge in [0, 0.05) is 17.0 Å². The number of halogens is 1. The minimum Gasteiger partial charge on any atom is -0.0976 e. The highest BCUT2D eigenvalue weighted by molar-refractivity contribution is 6.30. The van der Waals surface area contributed by atoms with Crippen molar-refractivity contribution >= 4 is 11.6 Å². The van der Waals surface area contributed by atoms with E-state index < -0.39 is 0 Å². The number of benzene rings is 1. The van der Waals surface area contributed by atoms with Gasteiger partial charge in [0.25, 0.3) is 0 Å². The summed E-state index contributed by atoms with van der Waals surface area (Å²) in [5.74, 6) is 8.25. The second kappa shape index (κ2) is 6.02. The Bertz CT molecular complexity index is 467. The molecule has 0 amide bonds. The van der Waals surface area contributed by atoms with E-state index in [1.807, 2.05) is 24.3 Å². The lowest BCUT2D eigenvalue weighted by atomic mass is 9.79. The second-order valence-electron chi connectivity index (χ2n) is 6.75. The molecule has 0 saturated heterocycles. The molecule has 0 bridgehead atoms. The smallest absolute Gasteiger partial charge is 0.0406 e. The van der Waals surface area contributed by atoms with Crippen molar-refractivity contribution in [2.24, 2.45) is 17.3 Å². The van der Waals surface area contributed by atoms with Gasteiger partial charge in [-0.25, -0.2) is 0 Å². The SMILES string of the molecule is CC(C)(C)C1CCC(CC#Cc2ccc(Cl)cc2)C1. The van der Waals surface area contributed by atoms with Crippen LogP contribution in [0.4, 0.5) is 0 Å². The van der Waals surface area contributed by atoms with Crippen molar-refractivity contribution in [2.75, 3.05) is 0 Å². The van der Waals surface area contributed by atoms with E-state index in [9.17, 15) is 0 Å². The van der Waals surface area contributed by atoms with E-state index in [2.05, 4.69) is 32.6 Å². The van der Waals surface area contributed by atoms with Crippen LogP contribution < -0.4 is 0 Å². The van der Waals surface area contributed by atoms with E-state index in [0.717, 1.165) is 28.8 Å². The largest absolute Gasteiger partial charge is 0.0976 e. The zero-order chi connectivity index (χ0) is 13.9. The Morgan fingerprint density at radius 3 is 2.42 bits per heavy atom. The van der Waals surface area contributed by atoms with Gasteiger partial charge >= 0.3 is 0 Å². The molecule has 1 aromatic carbocycles. The van der Waals surface area contributed by atoms with Crippen LogP contribution in [0.15, 0.2) is 24.3 Å². The molecule has 1 saturated carbocycles. The van der Waals surface area contributed by atoms with Gasteiger partial charge in [-0.15, -0.1) is 0 Å². The van der Waals surface area contributed by atoms with Gasteiger partial charge in [-0.2, -0.15) is 0 Å². The molecule has 102 valence electrons. The predicted octanol–water partition coefficient (Wildman–Crippen LogP) is 5.54. The summed E-state index contributed by atoms with van der Waals surface area (Å²) in [4.78, 5) is 0. The first-order valence-electron chi connectivity index (χ1n) is 7.19.